The van der Waals surface area contributed by atoms with E-state index in [-0.39, 0.29) is 11.9 Å². The number of carbonyl (C=O) groups is 2. The summed E-state index contributed by atoms with van der Waals surface area (Å²) in [4.78, 5) is 30.9. The van der Waals surface area contributed by atoms with Crippen molar-refractivity contribution >= 4 is 17.9 Å². The topological polar surface area (TPSA) is 83.8 Å². The van der Waals surface area contributed by atoms with Crippen LogP contribution in [0.3, 0.4) is 0 Å². The first-order chi connectivity index (χ1) is 15.9. The van der Waals surface area contributed by atoms with Gasteiger partial charge < -0.3 is 14.5 Å². The highest BCUT2D eigenvalue weighted by molar-refractivity contribution is 6.02. The molecule has 2 aliphatic heterocycles. The number of anilines is 1. The molecule has 0 bridgehead atoms. The van der Waals surface area contributed by atoms with E-state index in [1.165, 1.54) is 11.9 Å². The minimum atomic E-state index is -0.592. The summed E-state index contributed by atoms with van der Waals surface area (Å²) in [6.07, 6.45) is -0.544. The van der Waals surface area contributed by atoms with Crippen molar-refractivity contribution in [1.29, 1.82) is 0 Å². The molecule has 0 N–H and O–H groups in total. The molecule has 9 heteroatoms. The van der Waals surface area contributed by atoms with E-state index in [0.717, 1.165) is 22.4 Å². The monoisotopic (exact) mass is 446 g/mol. The third-order valence-electron chi connectivity index (χ3n) is 6.25. The molecule has 0 saturated carbocycles. The fourth-order valence-corrected chi connectivity index (χ4v) is 4.68. The van der Waals surface area contributed by atoms with Crippen molar-refractivity contribution in [3.63, 3.8) is 0 Å². The second-order valence-corrected chi connectivity index (χ2v) is 8.42. The van der Waals surface area contributed by atoms with Crippen LogP contribution in [-0.2, 0) is 11.3 Å². The molecule has 2 atom stereocenters. The molecule has 0 radical (unpaired) electrons. The summed E-state index contributed by atoms with van der Waals surface area (Å²) in [6, 6.07) is 14.8. The first-order valence-electron chi connectivity index (χ1n) is 11.0. The molecule has 3 aromatic rings. The maximum absolute atomic E-state index is 13.3. The van der Waals surface area contributed by atoms with Crippen molar-refractivity contribution < 1.29 is 14.3 Å². The van der Waals surface area contributed by atoms with Gasteiger partial charge in [-0.15, -0.1) is 10.2 Å². The molecule has 33 heavy (non-hydrogen) atoms. The van der Waals surface area contributed by atoms with E-state index in [4.69, 9.17) is 4.74 Å². The number of rotatable bonds is 5. The average Bonchev–Trinajstić information content (AvgIpc) is 3.36. The van der Waals surface area contributed by atoms with E-state index in [0.29, 0.717) is 24.9 Å². The van der Waals surface area contributed by atoms with E-state index >= 15 is 0 Å². The van der Waals surface area contributed by atoms with Crippen molar-refractivity contribution in [3.8, 4) is 17.1 Å². The van der Waals surface area contributed by atoms with E-state index in [1.807, 2.05) is 65.8 Å². The molecule has 3 amide bonds. The van der Waals surface area contributed by atoms with Crippen LogP contribution in [0.25, 0.3) is 11.4 Å². The molecular weight excluding hydrogens is 420 g/mol. The van der Waals surface area contributed by atoms with Gasteiger partial charge in [-0.25, -0.2) is 4.79 Å². The van der Waals surface area contributed by atoms with Gasteiger partial charge in [0.25, 0.3) is 5.91 Å². The second-order valence-electron chi connectivity index (χ2n) is 8.42. The van der Waals surface area contributed by atoms with Gasteiger partial charge in [0.1, 0.15) is 11.9 Å². The number of likely N-dealkylation sites (N-methyl/N-ethyl adjacent to an activating group) is 2. The third kappa shape index (κ3) is 3.31. The highest BCUT2D eigenvalue weighted by Crippen LogP contribution is 2.43. The number of imide groups is 1. The molecule has 170 valence electrons. The van der Waals surface area contributed by atoms with Gasteiger partial charge in [0, 0.05) is 26.2 Å². The standard InChI is InChI=1S/C24H26N6O3/c1-5-33-18-11-9-17(10-12-18)20-25-26-23-29(14-16-8-6-7-15(2)13-16)19-21(30(20)23)27(3)24(32)28(4)22(19)31/h6-13,19,21H,5,14H2,1-4H3. The Kier molecular flexibility index (Phi) is 5.03. The lowest BCUT2D eigenvalue weighted by molar-refractivity contribution is -0.133. The Bertz CT molecular complexity index is 1220. The lowest BCUT2D eigenvalue weighted by Crippen LogP contribution is -2.61. The summed E-state index contributed by atoms with van der Waals surface area (Å²) in [5.41, 5.74) is 3.03. The molecule has 2 aliphatic rings. The molecular formula is C24H26N6O3. The Morgan fingerprint density at radius 2 is 1.79 bits per heavy atom. The van der Waals surface area contributed by atoms with Crippen LogP contribution in [0.4, 0.5) is 10.7 Å². The summed E-state index contributed by atoms with van der Waals surface area (Å²) < 4.78 is 7.45. The van der Waals surface area contributed by atoms with Crippen LogP contribution in [0, 0.1) is 6.92 Å². The zero-order valence-electron chi connectivity index (χ0n) is 19.1. The number of nitrogens with zero attached hydrogens (tertiary/aromatic N) is 6. The number of hydrogen-bond donors (Lipinski definition) is 0. The summed E-state index contributed by atoms with van der Waals surface area (Å²) in [5, 5.41) is 8.93. The number of ether oxygens (including phenoxy) is 1. The van der Waals surface area contributed by atoms with Gasteiger partial charge in [-0.3, -0.25) is 14.3 Å². The maximum atomic E-state index is 13.3. The van der Waals surface area contributed by atoms with Gasteiger partial charge in [0.2, 0.25) is 5.95 Å². The number of amides is 3. The number of urea groups is 1. The van der Waals surface area contributed by atoms with Crippen LogP contribution in [0.1, 0.15) is 24.2 Å². The number of aryl methyl sites for hydroxylation is 1. The molecule has 2 aromatic carbocycles. The smallest absolute Gasteiger partial charge is 0.327 e. The van der Waals surface area contributed by atoms with Crippen LogP contribution < -0.4 is 9.64 Å². The minimum Gasteiger partial charge on any atom is -0.494 e. The molecule has 0 spiro atoms. The largest absolute Gasteiger partial charge is 0.494 e. The quantitative estimate of drug-likeness (QED) is 0.599. The maximum Gasteiger partial charge on any atom is 0.327 e. The highest BCUT2D eigenvalue weighted by Gasteiger charge is 2.54. The summed E-state index contributed by atoms with van der Waals surface area (Å²) in [7, 11) is 3.24. The Labute approximate surface area is 192 Å². The Morgan fingerprint density at radius 3 is 2.48 bits per heavy atom. The minimum absolute atomic E-state index is 0.251. The van der Waals surface area contributed by atoms with Gasteiger partial charge >= 0.3 is 6.03 Å². The molecule has 3 heterocycles. The Hall–Kier alpha value is -3.88. The lowest BCUT2D eigenvalue weighted by Gasteiger charge is -2.40. The van der Waals surface area contributed by atoms with Crippen LogP contribution >= 0.6 is 0 Å². The molecule has 1 saturated heterocycles. The zero-order valence-corrected chi connectivity index (χ0v) is 19.1. The number of aromatic nitrogens is 3. The third-order valence-corrected chi connectivity index (χ3v) is 6.25. The number of carbonyl (C=O) groups excluding carboxylic acids is 2. The van der Waals surface area contributed by atoms with Gasteiger partial charge in [0.15, 0.2) is 11.9 Å². The van der Waals surface area contributed by atoms with Gasteiger partial charge in [0.05, 0.1) is 6.61 Å². The molecule has 0 aliphatic carbocycles. The van der Waals surface area contributed by atoms with Gasteiger partial charge in [-0.05, 0) is 43.7 Å². The van der Waals surface area contributed by atoms with E-state index < -0.39 is 12.2 Å². The van der Waals surface area contributed by atoms with Gasteiger partial charge in [-0.1, -0.05) is 29.8 Å². The number of hydrogen-bond acceptors (Lipinski definition) is 6. The predicted molar refractivity (Wildman–Crippen MR) is 123 cm³/mol. The van der Waals surface area contributed by atoms with Crippen molar-refractivity contribution in [2.45, 2.75) is 32.6 Å². The number of fused-ring (bicyclic) bond motifs is 3. The van der Waals surface area contributed by atoms with E-state index in [9.17, 15) is 9.59 Å². The Balaban J connectivity index is 1.61. The summed E-state index contributed by atoms with van der Waals surface area (Å²) in [6.45, 7) is 5.03. The molecule has 5 rings (SSSR count). The first-order valence-corrected chi connectivity index (χ1v) is 11.0. The van der Waals surface area contributed by atoms with Gasteiger partial charge in [-0.2, -0.15) is 0 Å². The zero-order chi connectivity index (χ0) is 23.3. The molecule has 9 nitrogen and oxygen atoms in total. The average molecular weight is 447 g/mol. The van der Waals surface area contributed by atoms with E-state index in [1.54, 1.807) is 11.9 Å². The lowest BCUT2D eigenvalue weighted by atomic mass is 10.1. The molecule has 2 unspecified atom stereocenters. The molecule has 1 fully saturated rings. The predicted octanol–water partition coefficient (Wildman–Crippen LogP) is 3.06. The van der Waals surface area contributed by atoms with Crippen molar-refractivity contribution in [2.75, 3.05) is 25.6 Å². The van der Waals surface area contributed by atoms with E-state index in [2.05, 4.69) is 16.3 Å². The highest BCUT2D eigenvalue weighted by atomic mass is 16.5. The fraction of sp³-hybridized carbons (Fsp3) is 0.333. The van der Waals surface area contributed by atoms with Crippen LogP contribution in [0.2, 0.25) is 0 Å². The fourth-order valence-electron chi connectivity index (χ4n) is 4.68. The summed E-state index contributed by atoms with van der Waals surface area (Å²) >= 11 is 0. The SMILES string of the molecule is CCOc1ccc(-c2nnc3n2C2C(C(=O)N(C)C(=O)N2C)N3Cc2cccc(C)c2)cc1. The normalized spacial score (nSPS) is 19.7. The first kappa shape index (κ1) is 21.0. The van der Waals surface area contributed by atoms with Crippen molar-refractivity contribution in [3.05, 3.63) is 59.7 Å². The Morgan fingerprint density at radius 1 is 1.03 bits per heavy atom. The molecule has 1 aromatic heterocycles. The number of benzene rings is 2. The van der Waals surface area contributed by atoms with Crippen LogP contribution in [0.5, 0.6) is 5.75 Å². The van der Waals surface area contributed by atoms with Crippen LogP contribution in [0.15, 0.2) is 48.5 Å². The summed E-state index contributed by atoms with van der Waals surface area (Å²) in [5.74, 6) is 1.69. The van der Waals surface area contributed by atoms with Crippen molar-refractivity contribution in [1.82, 2.24) is 24.6 Å². The second kappa shape index (κ2) is 7.91. The van der Waals surface area contributed by atoms with Crippen molar-refractivity contribution in [2.24, 2.45) is 0 Å². The van der Waals surface area contributed by atoms with Crippen LogP contribution in [-0.4, -0.2) is 63.2 Å².